The molecule has 1 aromatic carbocycles. The van der Waals surface area contributed by atoms with Crippen LogP contribution in [0.3, 0.4) is 0 Å². The number of hydrogen-bond donors (Lipinski definition) is 0. The molecule has 1 rings (SSSR count). The highest BCUT2D eigenvalue weighted by Gasteiger charge is 2.02. The average Bonchev–Trinajstić information content (AvgIpc) is 2.09. The summed E-state index contributed by atoms with van der Waals surface area (Å²) in [5.41, 5.74) is 0. The van der Waals surface area contributed by atoms with E-state index in [1.807, 2.05) is 6.26 Å². The molecule has 0 N–H and O–H groups in total. The van der Waals surface area contributed by atoms with Crippen molar-refractivity contribution in [3.63, 3.8) is 0 Å². The van der Waals surface area contributed by atoms with Crippen molar-refractivity contribution in [1.29, 1.82) is 0 Å². The molecule has 0 spiro atoms. The zero-order valence-corrected chi connectivity index (χ0v) is 9.62. The summed E-state index contributed by atoms with van der Waals surface area (Å²) >= 11 is 4.85. The summed E-state index contributed by atoms with van der Waals surface area (Å²) in [5, 5.41) is 0. The van der Waals surface area contributed by atoms with Crippen LogP contribution < -0.4 is 4.74 Å². The van der Waals surface area contributed by atoms with Crippen molar-refractivity contribution in [2.45, 2.75) is 0 Å². The van der Waals surface area contributed by atoms with Gasteiger partial charge in [-0.05, 0) is 24.5 Å². The van der Waals surface area contributed by atoms with Crippen molar-refractivity contribution in [1.82, 2.24) is 0 Å². The van der Waals surface area contributed by atoms with E-state index in [9.17, 15) is 4.39 Å². The van der Waals surface area contributed by atoms with Crippen LogP contribution in [0, 0.1) is 5.82 Å². The molecule has 0 amide bonds. The molecule has 0 saturated carbocycles. The van der Waals surface area contributed by atoms with E-state index >= 15 is 0 Å². The predicted molar refractivity (Wildman–Crippen MR) is 58.0 cm³/mol. The van der Waals surface area contributed by atoms with Crippen LogP contribution in [0.4, 0.5) is 4.39 Å². The minimum atomic E-state index is -0.324. The molecule has 13 heavy (non-hydrogen) atoms. The number of halogens is 2. The lowest BCUT2D eigenvalue weighted by Crippen LogP contribution is -2.01. The first-order valence-electron chi connectivity index (χ1n) is 3.81. The van der Waals surface area contributed by atoms with Gasteiger partial charge in [0.25, 0.3) is 0 Å². The molecule has 72 valence electrons. The van der Waals surface area contributed by atoms with Crippen LogP contribution in [-0.4, -0.2) is 18.6 Å². The lowest BCUT2D eigenvalue weighted by molar-refractivity contribution is 0.325. The molecule has 4 heteroatoms. The van der Waals surface area contributed by atoms with Crippen molar-refractivity contribution in [2.24, 2.45) is 0 Å². The lowest BCUT2D eigenvalue weighted by atomic mass is 10.3. The molecule has 0 aliphatic heterocycles. The van der Waals surface area contributed by atoms with Crippen molar-refractivity contribution in [3.05, 3.63) is 28.5 Å². The van der Waals surface area contributed by atoms with E-state index in [0.29, 0.717) is 12.4 Å². The molecular weight excluding hydrogens is 255 g/mol. The Kier molecular flexibility index (Phi) is 4.59. The molecule has 1 nitrogen and oxygen atoms in total. The summed E-state index contributed by atoms with van der Waals surface area (Å²) in [6.07, 6.45) is 1.99. The van der Waals surface area contributed by atoms with Gasteiger partial charge in [-0.2, -0.15) is 11.8 Å². The van der Waals surface area contributed by atoms with E-state index in [1.165, 1.54) is 6.07 Å². The Balaban J connectivity index is 2.56. The molecule has 0 radical (unpaired) electrons. The van der Waals surface area contributed by atoms with Gasteiger partial charge in [0.05, 0.1) is 6.61 Å². The van der Waals surface area contributed by atoms with Gasteiger partial charge in [0, 0.05) is 10.2 Å². The maximum absolute atomic E-state index is 13.1. The van der Waals surface area contributed by atoms with Gasteiger partial charge in [0.2, 0.25) is 0 Å². The Morgan fingerprint density at radius 2 is 2.31 bits per heavy atom. The van der Waals surface area contributed by atoms with Crippen LogP contribution in [0.1, 0.15) is 0 Å². The van der Waals surface area contributed by atoms with Gasteiger partial charge >= 0.3 is 0 Å². The van der Waals surface area contributed by atoms with Gasteiger partial charge in [0.15, 0.2) is 11.6 Å². The molecule has 0 saturated heterocycles. The topological polar surface area (TPSA) is 9.23 Å². The Labute approximate surface area is 89.8 Å². The monoisotopic (exact) mass is 264 g/mol. The van der Waals surface area contributed by atoms with E-state index < -0.39 is 0 Å². The molecule has 0 heterocycles. The predicted octanol–water partition coefficient (Wildman–Crippen LogP) is 3.33. The highest BCUT2D eigenvalue weighted by molar-refractivity contribution is 9.10. The molecule has 0 atom stereocenters. The normalized spacial score (nSPS) is 10.1. The highest BCUT2D eigenvalue weighted by atomic mass is 79.9. The van der Waals surface area contributed by atoms with Crippen LogP contribution >= 0.6 is 27.7 Å². The Bertz CT molecular complexity index is 280. The fraction of sp³-hybridized carbons (Fsp3) is 0.333. The molecule has 0 aromatic heterocycles. The van der Waals surface area contributed by atoms with E-state index in [0.717, 1.165) is 10.2 Å². The summed E-state index contributed by atoms with van der Waals surface area (Å²) in [7, 11) is 0. The quantitative estimate of drug-likeness (QED) is 0.772. The molecule has 0 fully saturated rings. The first-order valence-corrected chi connectivity index (χ1v) is 5.99. The van der Waals surface area contributed by atoms with Gasteiger partial charge < -0.3 is 4.74 Å². The fourth-order valence-corrected chi connectivity index (χ4v) is 1.41. The zero-order chi connectivity index (χ0) is 9.68. The number of thioether (sulfide) groups is 1. The lowest BCUT2D eigenvalue weighted by Gasteiger charge is -2.05. The summed E-state index contributed by atoms with van der Waals surface area (Å²) in [4.78, 5) is 0. The average molecular weight is 265 g/mol. The van der Waals surface area contributed by atoms with Crippen molar-refractivity contribution >= 4 is 27.7 Å². The van der Waals surface area contributed by atoms with Gasteiger partial charge in [-0.15, -0.1) is 0 Å². The van der Waals surface area contributed by atoms with Crippen LogP contribution in [-0.2, 0) is 0 Å². The zero-order valence-electron chi connectivity index (χ0n) is 7.22. The van der Waals surface area contributed by atoms with Crippen LogP contribution in [0.2, 0.25) is 0 Å². The highest BCUT2D eigenvalue weighted by Crippen LogP contribution is 2.21. The largest absolute Gasteiger partial charge is 0.490 e. The van der Waals surface area contributed by atoms with Crippen molar-refractivity contribution < 1.29 is 9.13 Å². The third-order valence-electron chi connectivity index (χ3n) is 1.44. The van der Waals surface area contributed by atoms with E-state index in [1.54, 1.807) is 23.9 Å². The standard InChI is InChI=1S/C9H10BrFOS/c1-13-5-4-12-9-3-2-7(10)6-8(9)11/h2-3,6H,4-5H2,1H3. The fourth-order valence-electron chi connectivity index (χ4n) is 0.827. The first-order chi connectivity index (χ1) is 6.24. The Morgan fingerprint density at radius 1 is 1.54 bits per heavy atom. The summed E-state index contributed by atoms with van der Waals surface area (Å²) in [6.45, 7) is 0.541. The van der Waals surface area contributed by atoms with E-state index in [-0.39, 0.29) is 5.82 Å². The van der Waals surface area contributed by atoms with Crippen LogP contribution in [0.5, 0.6) is 5.75 Å². The minimum Gasteiger partial charge on any atom is -0.490 e. The molecule has 0 bridgehead atoms. The molecule has 1 aromatic rings. The number of hydrogen-bond acceptors (Lipinski definition) is 2. The number of rotatable bonds is 4. The number of ether oxygens (including phenoxy) is 1. The molecule has 0 aliphatic carbocycles. The summed E-state index contributed by atoms with van der Waals surface area (Å²) in [5.74, 6) is 0.864. The molecule has 0 aliphatic rings. The number of benzene rings is 1. The second-order valence-electron chi connectivity index (χ2n) is 2.42. The Morgan fingerprint density at radius 3 is 2.92 bits per heavy atom. The van der Waals surface area contributed by atoms with Gasteiger partial charge in [-0.25, -0.2) is 4.39 Å². The molecular formula is C9H10BrFOS. The van der Waals surface area contributed by atoms with E-state index in [2.05, 4.69) is 15.9 Å². The first kappa shape index (κ1) is 10.9. The van der Waals surface area contributed by atoms with Crippen LogP contribution in [0.25, 0.3) is 0 Å². The van der Waals surface area contributed by atoms with Gasteiger partial charge in [0.1, 0.15) is 0 Å². The third kappa shape index (κ3) is 3.56. The Hall–Kier alpha value is -0.220. The minimum absolute atomic E-state index is 0.317. The van der Waals surface area contributed by atoms with Gasteiger partial charge in [-0.3, -0.25) is 0 Å². The van der Waals surface area contributed by atoms with Crippen molar-refractivity contribution in [3.8, 4) is 5.75 Å². The maximum Gasteiger partial charge on any atom is 0.166 e. The second kappa shape index (κ2) is 5.50. The summed E-state index contributed by atoms with van der Waals surface area (Å²) < 4.78 is 19.1. The second-order valence-corrected chi connectivity index (χ2v) is 4.32. The summed E-state index contributed by atoms with van der Waals surface area (Å²) in [6, 6.07) is 4.78. The van der Waals surface area contributed by atoms with E-state index in [4.69, 9.17) is 4.74 Å². The van der Waals surface area contributed by atoms with Crippen molar-refractivity contribution in [2.75, 3.05) is 18.6 Å². The SMILES string of the molecule is CSCCOc1ccc(Br)cc1F. The van der Waals surface area contributed by atoms with Gasteiger partial charge in [-0.1, -0.05) is 15.9 Å². The molecule has 0 unspecified atom stereocenters. The smallest absolute Gasteiger partial charge is 0.166 e. The third-order valence-corrected chi connectivity index (χ3v) is 2.51. The maximum atomic E-state index is 13.1. The van der Waals surface area contributed by atoms with Crippen LogP contribution in [0.15, 0.2) is 22.7 Å².